The van der Waals surface area contributed by atoms with Crippen LogP contribution in [-0.4, -0.2) is 12.5 Å². The number of nitrogens with zero attached hydrogens (tertiary/aromatic N) is 1. The van der Waals surface area contributed by atoms with Crippen LogP contribution in [0.25, 0.3) is 0 Å². The fourth-order valence-electron chi connectivity index (χ4n) is 1.24. The van der Waals surface area contributed by atoms with Crippen LogP contribution in [0.1, 0.15) is 26.7 Å². The summed E-state index contributed by atoms with van der Waals surface area (Å²) in [5.74, 6) is 0.701. The van der Waals surface area contributed by atoms with Gasteiger partial charge in [0.15, 0.2) is 5.90 Å². The standard InChI is InChI=1S/C14H19NO/c1-3-4-5-9-12-16-13(2)15-14-10-7-6-8-11-14/h5-11H,3-4,12H2,1-2H3/b9-5+,15-13?. The summed E-state index contributed by atoms with van der Waals surface area (Å²) < 4.78 is 5.46. The van der Waals surface area contributed by atoms with Crippen molar-refractivity contribution >= 4 is 11.6 Å². The summed E-state index contributed by atoms with van der Waals surface area (Å²) in [4.78, 5) is 4.34. The summed E-state index contributed by atoms with van der Waals surface area (Å²) in [5.41, 5.74) is 0.928. The number of hydrogen-bond acceptors (Lipinski definition) is 2. The zero-order valence-electron chi connectivity index (χ0n) is 10.0. The van der Waals surface area contributed by atoms with Crippen molar-refractivity contribution in [2.24, 2.45) is 4.99 Å². The van der Waals surface area contributed by atoms with Gasteiger partial charge in [-0.15, -0.1) is 0 Å². The fourth-order valence-corrected chi connectivity index (χ4v) is 1.24. The number of allylic oxidation sites excluding steroid dienone is 1. The average Bonchev–Trinajstić information content (AvgIpc) is 2.30. The second kappa shape index (κ2) is 7.69. The molecule has 0 saturated carbocycles. The second-order valence-corrected chi connectivity index (χ2v) is 3.54. The van der Waals surface area contributed by atoms with E-state index in [0.717, 1.165) is 12.1 Å². The minimum atomic E-state index is 0.599. The third-order valence-corrected chi connectivity index (χ3v) is 2.05. The van der Waals surface area contributed by atoms with Crippen LogP contribution in [0.15, 0.2) is 47.5 Å². The summed E-state index contributed by atoms with van der Waals surface area (Å²) in [6, 6.07) is 9.82. The SMILES string of the molecule is CCC/C=C/COC(C)=Nc1ccccc1. The van der Waals surface area contributed by atoms with Crippen LogP contribution in [0.5, 0.6) is 0 Å². The Labute approximate surface area is 97.7 Å². The molecule has 0 heterocycles. The van der Waals surface area contributed by atoms with Crippen LogP contribution in [0.3, 0.4) is 0 Å². The van der Waals surface area contributed by atoms with Crippen molar-refractivity contribution in [3.8, 4) is 0 Å². The average molecular weight is 217 g/mol. The lowest BCUT2D eigenvalue weighted by atomic mass is 10.3. The number of benzene rings is 1. The first-order chi connectivity index (χ1) is 7.83. The molecule has 0 amide bonds. The van der Waals surface area contributed by atoms with Gasteiger partial charge < -0.3 is 4.74 Å². The van der Waals surface area contributed by atoms with Crippen molar-refractivity contribution in [1.82, 2.24) is 0 Å². The molecule has 0 saturated heterocycles. The van der Waals surface area contributed by atoms with Gasteiger partial charge >= 0.3 is 0 Å². The van der Waals surface area contributed by atoms with Gasteiger partial charge in [0, 0.05) is 6.92 Å². The Kier molecular flexibility index (Phi) is 6.00. The highest BCUT2D eigenvalue weighted by molar-refractivity contribution is 5.76. The molecule has 0 unspecified atom stereocenters. The predicted molar refractivity (Wildman–Crippen MR) is 69.2 cm³/mol. The van der Waals surface area contributed by atoms with Gasteiger partial charge in [0.1, 0.15) is 6.61 Å². The summed E-state index contributed by atoms with van der Waals surface area (Å²) in [5, 5.41) is 0. The Hall–Kier alpha value is -1.57. The predicted octanol–water partition coefficient (Wildman–Crippen LogP) is 4.11. The second-order valence-electron chi connectivity index (χ2n) is 3.54. The molecule has 2 heteroatoms. The lowest BCUT2D eigenvalue weighted by Gasteiger charge is -2.01. The maximum atomic E-state index is 5.46. The van der Waals surface area contributed by atoms with Crippen LogP contribution < -0.4 is 0 Å². The minimum Gasteiger partial charge on any atom is -0.477 e. The monoisotopic (exact) mass is 217 g/mol. The van der Waals surface area contributed by atoms with Gasteiger partial charge in [0.25, 0.3) is 0 Å². The molecule has 0 bridgehead atoms. The van der Waals surface area contributed by atoms with E-state index in [-0.39, 0.29) is 0 Å². The van der Waals surface area contributed by atoms with Crippen molar-refractivity contribution in [2.75, 3.05) is 6.61 Å². The molecule has 0 aliphatic carbocycles. The zero-order valence-corrected chi connectivity index (χ0v) is 10.0. The van der Waals surface area contributed by atoms with Crippen molar-refractivity contribution < 1.29 is 4.74 Å². The van der Waals surface area contributed by atoms with E-state index in [4.69, 9.17) is 4.74 Å². The maximum Gasteiger partial charge on any atom is 0.185 e. The Morgan fingerprint density at radius 1 is 1.25 bits per heavy atom. The molecule has 1 rings (SSSR count). The third kappa shape index (κ3) is 5.35. The van der Waals surface area contributed by atoms with E-state index in [2.05, 4.69) is 18.0 Å². The summed E-state index contributed by atoms with van der Waals surface area (Å²) >= 11 is 0. The van der Waals surface area contributed by atoms with E-state index >= 15 is 0 Å². The first kappa shape index (κ1) is 12.5. The molecular formula is C14H19NO. The Balaban J connectivity index is 2.35. The highest BCUT2D eigenvalue weighted by Gasteiger charge is 1.91. The topological polar surface area (TPSA) is 21.6 Å². The van der Waals surface area contributed by atoms with Crippen LogP contribution >= 0.6 is 0 Å². The molecule has 0 aliphatic heterocycles. The Morgan fingerprint density at radius 3 is 2.69 bits per heavy atom. The van der Waals surface area contributed by atoms with Crippen molar-refractivity contribution in [3.63, 3.8) is 0 Å². The van der Waals surface area contributed by atoms with Gasteiger partial charge in [0.05, 0.1) is 5.69 Å². The molecule has 2 nitrogen and oxygen atoms in total. The van der Waals surface area contributed by atoms with E-state index in [0.29, 0.717) is 12.5 Å². The minimum absolute atomic E-state index is 0.599. The largest absolute Gasteiger partial charge is 0.477 e. The van der Waals surface area contributed by atoms with Crippen LogP contribution in [0.4, 0.5) is 5.69 Å². The summed E-state index contributed by atoms with van der Waals surface area (Å²) in [6.07, 6.45) is 6.45. The normalized spacial score (nSPS) is 12.0. The molecule has 16 heavy (non-hydrogen) atoms. The highest BCUT2D eigenvalue weighted by Crippen LogP contribution is 2.10. The van der Waals surface area contributed by atoms with Crippen LogP contribution in [-0.2, 0) is 4.74 Å². The van der Waals surface area contributed by atoms with Gasteiger partial charge in [-0.2, -0.15) is 0 Å². The van der Waals surface area contributed by atoms with E-state index < -0.39 is 0 Å². The molecule has 0 fully saturated rings. The first-order valence-electron chi connectivity index (χ1n) is 5.71. The zero-order chi connectivity index (χ0) is 11.6. The number of unbranched alkanes of at least 4 members (excludes halogenated alkanes) is 1. The number of para-hydroxylation sites is 1. The van der Waals surface area contributed by atoms with Gasteiger partial charge in [-0.3, -0.25) is 0 Å². The van der Waals surface area contributed by atoms with E-state index in [1.54, 1.807) is 0 Å². The number of hydrogen-bond donors (Lipinski definition) is 0. The Morgan fingerprint density at radius 2 is 2.00 bits per heavy atom. The van der Waals surface area contributed by atoms with Crippen molar-refractivity contribution in [2.45, 2.75) is 26.7 Å². The number of rotatable bonds is 5. The molecule has 1 aromatic rings. The highest BCUT2D eigenvalue weighted by atomic mass is 16.5. The van der Waals surface area contributed by atoms with Gasteiger partial charge in [0.2, 0.25) is 0 Å². The molecule has 0 atom stereocenters. The molecule has 0 aliphatic rings. The lowest BCUT2D eigenvalue weighted by molar-refractivity contribution is 0.347. The van der Waals surface area contributed by atoms with Crippen molar-refractivity contribution in [3.05, 3.63) is 42.5 Å². The molecule has 0 radical (unpaired) electrons. The molecule has 86 valence electrons. The first-order valence-corrected chi connectivity index (χ1v) is 5.71. The van der Waals surface area contributed by atoms with E-state index in [1.165, 1.54) is 6.42 Å². The van der Waals surface area contributed by atoms with E-state index in [1.807, 2.05) is 43.3 Å². The molecule has 0 spiro atoms. The van der Waals surface area contributed by atoms with Crippen LogP contribution in [0.2, 0.25) is 0 Å². The van der Waals surface area contributed by atoms with E-state index in [9.17, 15) is 0 Å². The third-order valence-electron chi connectivity index (χ3n) is 2.05. The van der Waals surface area contributed by atoms with Gasteiger partial charge in [-0.1, -0.05) is 43.7 Å². The summed E-state index contributed by atoms with van der Waals surface area (Å²) in [6.45, 7) is 4.64. The van der Waals surface area contributed by atoms with Crippen molar-refractivity contribution in [1.29, 1.82) is 0 Å². The van der Waals surface area contributed by atoms with Gasteiger partial charge in [-0.25, -0.2) is 4.99 Å². The maximum absolute atomic E-state index is 5.46. The smallest absolute Gasteiger partial charge is 0.185 e. The quantitative estimate of drug-likeness (QED) is 0.413. The fraction of sp³-hybridized carbons (Fsp3) is 0.357. The molecule has 1 aromatic carbocycles. The molecule has 0 aromatic heterocycles. The van der Waals surface area contributed by atoms with Crippen LogP contribution in [0, 0.1) is 0 Å². The molecular weight excluding hydrogens is 198 g/mol. The molecule has 0 N–H and O–H groups in total. The Bertz CT molecular complexity index is 341. The van der Waals surface area contributed by atoms with Gasteiger partial charge in [-0.05, 0) is 18.6 Å². The number of ether oxygens (including phenoxy) is 1. The number of aliphatic imine (C=N–C) groups is 1. The lowest BCUT2D eigenvalue weighted by Crippen LogP contribution is -1.98. The summed E-state index contributed by atoms with van der Waals surface area (Å²) in [7, 11) is 0.